The molecule has 3 nitrogen and oxygen atoms in total. The molecule has 0 unspecified atom stereocenters. The van der Waals surface area contributed by atoms with E-state index in [0.717, 1.165) is 41.2 Å². The van der Waals surface area contributed by atoms with E-state index < -0.39 is 0 Å². The molecule has 0 amide bonds. The minimum Gasteiger partial charge on any atom is -0.507 e. The van der Waals surface area contributed by atoms with Gasteiger partial charge in [-0.25, -0.2) is 0 Å². The molecule has 0 atom stereocenters. The highest BCUT2D eigenvalue weighted by molar-refractivity contribution is 14.1. The number of phenolic OH excluding ortho intramolecular Hbond substituents is 1. The van der Waals surface area contributed by atoms with Crippen LogP contribution in [0.3, 0.4) is 0 Å². The van der Waals surface area contributed by atoms with E-state index in [0.29, 0.717) is 22.7 Å². The Bertz CT molecular complexity index is 1480. The molecule has 0 aliphatic heterocycles. The van der Waals surface area contributed by atoms with Crippen LogP contribution >= 0.6 is 45.2 Å². The number of rotatable bonds is 2. The predicted octanol–water partition coefficient (Wildman–Crippen LogP) is 12.2. The van der Waals surface area contributed by atoms with Crippen LogP contribution in [0.5, 0.6) is 11.5 Å². The Balaban J connectivity index is 0.000000169. The van der Waals surface area contributed by atoms with Gasteiger partial charge in [-0.05, 0) is 154 Å². The summed E-state index contributed by atoms with van der Waals surface area (Å²) < 4.78 is 8.84. The normalized spacial score (nSPS) is 22.2. The maximum atomic E-state index is 9.49. The van der Waals surface area contributed by atoms with Gasteiger partial charge in [-0.15, -0.1) is 0 Å². The maximum absolute atomic E-state index is 9.49. The monoisotopic (exact) mass is 834 g/mol. The molecule has 2 aliphatic rings. The zero-order chi connectivity index (χ0) is 32.8. The van der Waals surface area contributed by atoms with Gasteiger partial charge in [0.2, 0.25) is 0 Å². The first-order chi connectivity index (χ1) is 21.2. The van der Waals surface area contributed by atoms with Crippen molar-refractivity contribution in [1.29, 1.82) is 0 Å². The quantitative estimate of drug-likeness (QED) is 0.198. The van der Waals surface area contributed by atoms with Crippen LogP contribution in [-0.4, -0.2) is 22.4 Å². The third-order valence-electron chi connectivity index (χ3n) is 9.79. The van der Waals surface area contributed by atoms with Crippen LogP contribution in [-0.2, 0) is 0 Å². The third kappa shape index (κ3) is 10.2. The summed E-state index contributed by atoms with van der Waals surface area (Å²) in [6.07, 6.45) is 9.77. The lowest BCUT2D eigenvalue weighted by Gasteiger charge is -2.37. The van der Waals surface area contributed by atoms with E-state index >= 15 is 0 Å². The summed E-state index contributed by atoms with van der Waals surface area (Å²) in [6.45, 7) is 14.0. The lowest BCUT2D eigenvalue weighted by molar-refractivity contribution is 0.0725. The van der Waals surface area contributed by atoms with Gasteiger partial charge in [0.25, 0.3) is 0 Å². The van der Waals surface area contributed by atoms with Crippen molar-refractivity contribution in [1.82, 2.24) is 0 Å². The van der Waals surface area contributed by atoms with Gasteiger partial charge in [-0.1, -0.05) is 90.1 Å². The smallest absolute Gasteiger partial charge is 0.127 e. The van der Waals surface area contributed by atoms with E-state index in [1.807, 2.05) is 30.3 Å². The van der Waals surface area contributed by atoms with Gasteiger partial charge in [0.1, 0.15) is 11.5 Å². The molecule has 4 aromatic carbocycles. The molecule has 0 bridgehead atoms. The summed E-state index contributed by atoms with van der Waals surface area (Å²) >= 11 is 4.67. The Labute approximate surface area is 298 Å². The second-order valence-corrected chi connectivity index (χ2v) is 17.4. The average molecular weight is 835 g/mol. The Kier molecular flexibility index (Phi) is 12.9. The van der Waals surface area contributed by atoms with E-state index in [4.69, 9.17) is 4.74 Å². The summed E-state index contributed by atoms with van der Waals surface area (Å²) in [5, 5.41) is 23.4. The van der Waals surface area contributed by atoms with Crippen LogP contribution in [0.15, 0.2) is 72.8 Å². The Morgan fingerprint density at radius 3 is 1.49 bits per heavy atom. The minimum absolute atomic E-state index is 0.00593. The molecule has 0 heterocycles. The maximum Gasteiger partial charge on any atom is 0.127 e. The highest BCUT2D eigenvalue weighted by atomic mass is 127. The number of aliphatic hydroxyl groups excluding tert-OH is 1. The first-order valence-corrected chi connectivity index (χ1v) is 18.8. The van der Waals surface area contributed by atoms with Crippen LogP contribution in [0.1, 0.15) is 92.9 Å². The fourth-order valence-corrected chi connectivity index (χ4v) is 8.12. The first kappa shape index (κ1) is 36.3. The summed E-state index contributed by atoms with van der Waals surface area (Å²) in [5.41, 5.74) is 0.876. The van der Waals surface area contributed by atoms with Gasteiger partial charge in [-0.3, -0.25) is 0 Å². The highest BCUT2D eigenvalue weighted by Gasteiger charge is 2.31. The first-order valence-electron chi connectivity index (χ1n) is 16.6. The van der Waals surface area contributed by atoms with Crippen molar-refractivity contribution in [2.45, 2.75) is 105 Å². The summed E-state index contributed by atoms with van der Waals surface area (Å²) in [6, 6.07) is 24.3. The zero-order valence-corrected chi connectivity index (χ0v) is 32.3. The summed E-state index contributed by atoms with van der Waals surface area (Å²) in [7, 11) is 0. The van der Waals surface area contributed by atoms with E-state index in [1.54, 1.807) is 6.07 Å². The lowest BCUT2D eigenvalue weighted by Crippen LogP contribution is -2.30. The Hall–Kier alpha value is -1.58. The van der Waals surface area contributed by atoms with E-state index in [1.165, 1.54) is 56.4 Å². The standard InChI is InChI=1S/C20H25IO.C10H7IO.C10H20O/c1-20(2,3)14-10-12-15(13-11-14)22-19-9-5-6-16-17(19)7-4-8-18(16)21;11-9-5-1-4-8-7(9)3-2-6-10(8)12;1-10(2,3)8-4-6-9(11)7-5-8/h4-9,14-15H,10-13H2,1-3H3;1-6,12H;8-9,11H,4-7H2,1-3H3. The molecule has 244 valence electrons. The Morgan fingerprint density at radius 1 is 0.556 bits per heavy atom. The van der Waals surface area contributed by atoms with Crippen LogP contribution in [0.2, 0.25) is 0 Å². The molecule has 6 rings (SSSR count). The van der Waals surface area contributed by atoms with Gasteiger partial charge >= 0.3 is 0 Å². The molecule has 45 heavy (non-hydrogen) atoms. The third-order valence-corrected chi connectivity index (χ3v) is 11.7. The number of hydrogen-bond donors (Lipinski definition) is 2. The number of phenols is 1. The van der Waals surface area contributed by atoms with Crippen LogP contribution in [0.25, 0.3) is 21.5 Å². The molecule has 0 saturated heterocycles. The molecule has 0 spiro atoms. The zero-order valence-electron chi connectivity index (χ0n) is 28.0. The van der Waals surface area contributed by atoms with Crippen LogP contribution < -0.4 is 4.74 Å². The van der Waals surface area contributed by atoms with E-state index in [2.05, 4.69) is 123 Å². The highest BCUT2D eigenvalue weighted by Crippen LogP contribution is 2.40. The molecular weight excluding hydrogens is 782 g/mol. The van der Waals surface area contributed by atoms with E-state index in [-0.39, 0.29) is 6.10 Å². The molecule has 0 aromatic heterocycles. The molecule has 5 heteroatoms. The fourth-order valence-electron chi connectivity index (χ4n) is 6.77. The fraction of sp³-hybridized carbons (Fsp3) is 0.500. The Morgan fingerprint density at radius 2 is 0.978 bits per heavy atom. The number of ether oxygens (including phenoxy) is 1. The van der Waals surface area contributed by atoms with Gasteiger partial charge in [0.05, 0.1) is 12.2 Å². The number of benzene rings is 4. The number of fused-ring (bicyclic) bond motifs is 2. The summed E-state index contributed by atoms with van der Waals surface area (Å²) in [4.78, 5) is 0. The molecule has 2 aliphatic carbocycles. The molecule has 2 N–H and O–H groups in total. The second kappa shape index (κ2) is 16.0. The topological polar surface area (TPSA) is 49.7 Å². The van der Waals surface area contributed by atoms with Crippen molar-refractivity contribution in [2.24, 2.45) is 22.7 Å². The van der Waals surface area contributed by atoms with Gasteiger partial charge in [-0.2, -0.15) is 0 Å². The second-order valence-electron chi connectivity index (χ2n) is 15.0. The summed E-state index contributed by atoms with van der Waals surface area (Å²) in [5.74, 6) is 3.06. The molecular formula is C40H52I2O3. The molecule has 0 radical (unpaired) electrons. The van der Waals surface area contributed by atoms with Gasteiger partial charge < -0.3 is 14.9 Å². The van der Waals surface area contributed by atoms with E-state index in [9.17, 15) is 10.2 Å². The number of hydrogen-bond acceptors (Lipinski definition) is 3. The van der Waals surface area contributed by atoms with Crippen molar-refractivity contribution in [3.63, 3.8) is 0 Å². The van der Waals surface area contributed by atoms with Gasteiger partial charge in [0.15, 0.2) is 0 Å². The lowest BCUT2D eigenvalue weighted by atomic mass is 9.72. The van der Waals surface area contributed by atoms with Crippen molar-refractivity contribution in [3.05, 3.63) is 79.9 Å². The predicted molar refractivity (Wildman–Crippen MR) is 208 cm³/mol. The molecule has 2 fully saturated rings. The number of aliphatic hydroxyl groups is 1. The van der Waals surface area contributed by atoms with Crippen molar-refractivity contribution in [3.8, 4) is 11.5 Å². The minimum atomic E-state index is -0.00593. The molecule has 2 saturated carbocycles. The van der Waals surface area contributed by atoms with Crippen molar-refractivity contribution < 1.29 is 14.9 Å². The van der Waals surface area contributed by atoms with Crippen LogP contribution in [0, 0.1) is 29.8 Å². The van der Waals surface area contributed by atoms with Gasteiger partial charge in [0, 0.05) is 17.9 Å². The van der Waals surface area contributed by atoms with Crippen molar-refractivity contribution >= 4 is 66.7 Å². The largest absolute Gasteiger partial charge is 0.507 e. The number of aromatic hydroxyl groups is 1. The number of halogens is 2. The molecule has 4 aromatic rings. The SMILES string of the molecule is CC(C)(C)C1CCC(O)CC1.CC(C)(C)C1CCC(Oc2cccc3c(I)cccc23)CC1.Oc1cccc2c(I)cccc12. The van der Waals surface area contributed by atoms with Crippen molar-refractivity contribution in [2.75, 3.05) is 0 Å². The average Bonchev–Trinajstić information content (AvgIpc) is 2.99. The van der Waals surface area contributed by atoms with Crippen LogP contribution in [0.4, 0.5) is 0 Å².